The summed E-state index contributed by atoms with van der Waals surface area (Å²) in [5.41, 5.74) is 1.50. The number of carbonyl (C=O) groups excluding carboxylic acids is 1. The predicted octanol–water partition coefficient (Wildman–Crippen LogP) is 5.46. The molecule has 130 valence electrons. The zero-order valence-corrected chi connectivity index (χ0v) is 14.7. The second-order valence-electron chi connectivity index (χ2n) is 6.19. The third kappa shape index (κ3) is 4.93. The topological polar surface area (TPSA) is 26.3 Å². The van der Waals surface area contributed by atoms with Crippen LogP contribution < -0.4 is 0 Å². The van der Waals surface area contributed by atoms with Crippen LogP contribution in [-0.4, -0.2) is 5.97 Å². The number of esters is 1. The number of hydrogen-bond acceptors (Lipinski definition) is 2. The number of halogens is 1. The van der Waals surface area contributed by atoms with Crippen LogP contribution in [-0.2, 0) is 15.1 Å². The molecule has 0 saturated heterocycles. The molecule has 2 aromatic rings. The first-order chi connectivity index (χ1) is 12.0. The number of terminal acetylenes is 1. The smallest absolute Gasteiger partial charge is 0.307 e. The van der Waals surface area contributed by atoms with E-state index in [0.29, 0.717) is 6.42 Å². The second kappa shape index (κ2) is 8.48. The molecular formula is C22H23FO2. The van der Waals surface area contributed by atoms with Gasteiger partial charge in [-0.2, -0.15) is 0 Å². The average molecular weight is 338 g/mol. The van der Waals surface area contributed by atoms with E-state index in [4.69, 9.17) is 11.2 Å². The number of carbonyl (C=O) groups is 1. The lowest BCUT2D eigenvalue weighted by molar-refractivity contribution is -0.154. The summed E-state index contributed by atoms with van der Waals surface area (Å²) < 4.78 is 18.6. The fourth-order valence-electron chi connectivity index (χ4n) is 2.59. The third-order valence-electron chi connectivity index (χ3n) is 4.19. The van der Waals surface area contributed by atoms with Crippen molar-refractivity contribution >= 4 is 5.97 Å². The van der Waals surface area contributed by atoms with Gasteiger partial charge in [-0.15, -0.1) is 6.42 Å². The zero-order valence-electron chi connectivity index (χ0n) is 14.7. The van der Waals surface area contributed by atoms with Crippen molar-refractivity contribution < 1.29 is 13.9 Å². The normalized spacial score (nSPS) is 12.9. The highest BCUT2D eigenvalue weighted by molar-refractivity contribution is 5.71. The Labute approximate surface area is 149 Å². The zero-order chi connectivity index (χ0) is 18.3. The quantitative estimate of drug-likeness (QED) is 0.380. The molecule has 2 rings (SSSR count). The summed E-state index contributed by atoms with van der Waals surface area (Å²) in [5, 5.41) is 0. The molecule has 0 N–H and O–H groups in total. The number of ether oxygens (including phenoxy) is 1. The summed E-state index contributed by atoms with van der Waals surface area (Å²) in [4.78, 5) is 12.0. The maximum absolute atomic E-state index is 13.0. The average Bonchev–Trinajstić information content (AvgIpc) is 2.62. The van der Waals surface area contributed by atoms with Gasteiger partial charge in [0.2, 0.25) is 0 Å². The molecule has 0 aliphatic carbocycles. The van der Waals surface area contributed by atoms with Gasteiger partial charge in [0.1, 0.15) is 5.82 Å². The molecule has 0 bridgehead atoms. The molecule has 0 radical (unpaired) electrons. The molecule has 2 nitrogen and oxygen atoms in total. The Balaban J connectivity index is 2.13. The Morgan fingerprint density at radius 1 is 1.08 bits per heavy atom. The number of hydrogen-bond donors (Lipinski definition) is 0. The van der Waals surface area contributed by atoms with Crippen LogP contribution in [0.5, 0.6) is 0 Å². The lowest BCUT2D eigenvalue weighted by Crippen LogP contribution is -2.27. The molecule has 0 amide bonds. The number of rotatable bonds is 7. The third-order valence-corrected chi connectivity index (χ3v) is 4.19. The van der Waals surface area contributed by atoms with Crippen LogP contribution in [0.25, 0.3) is 11.1 Å². The van der Waals surface area contributed by atoms with Crippen LogP contribution in [0.1, 0.15) is 45.1 Å². The van der Waals surface area contributed by atoms with Gasteiger partial charge in [-0.25, -0.2) is 4.39 Å². The highest BCUT2D eigenvalue weighted by Crippen LogP contribution is 2.28. The molecule has 0 aliphatic heterocycles. The van der Waals surface area contributed by atoms with E-state index >= 15 is 0 Å². The summed E-state index contributed by atoms with van der Waals surface area (Å²) in [7, 11) is 0. The summed E-state index contributed by atoms with van der Waals surface area (Å²) in [6.45, 7) is 3.80. The Bertz CT molecular complexity index is 741. The first kappa shape index (κ1) is 18.7. The summed E-state index contributed by atoms with van der Waals surface area (Å²) in [5.74, 6) is 2.04. The van der Waals surface area contributed by atoms with Gasteiger partial charge < -0.3 is 4.74 Å². The molecule has 1 unspecified atom stereocenters. The first-order valence-electron chi connectivity index (χ1n) is 8.54. The number of benzene rings is 2. The highest BCUT2D eigenvalue weighted by atomic mass is 19.1. The van der Waals surface area contributed by atoms with Crippen molar-refractivity contribution in [1.82, 2.24) is 0 Å². The Morgan fingerprint density at radius 3 is 2.16 bits per heavy atom. The van der Waals surface area contributed by atoms with E-state index in [1.54, 1.807) is 19.1 Å². The molecule has 0 heterocycles. The van der Waals surface area contributed by atoms with Gasteiger partial charge in [0.05, 0.1) is 0 Å². The van der Waals surface area contributed by atoms with Crippen molar-refractivity contribution in [1.29, 1.82) is 0 Å². The van der Waals surface area contributed by atoms with Gasteiger partial charge >= 0.3 is 5.97 Å². The van der Waals surface area contributed by atoms with Crippen LogP contribution in [0, 0.1) is 18.2 Å². The fraction of sp³-hybridized carbons (Fsp3) is 0.318. The van der Waals surface area contributed by atoms with Crippen molar-refractivity contribution in [3.05, 3.63) is 59.9 Å². The van der Waals surface area contributed by atoms with E-state index in [-0.39, 0.29) is 11.8 Å². The highest BCUT2D eigenvalue weighted by Gasteiger charge is 2.28. The molecule has 0 aromatic heterocycles. The Morgan fingerprint density at radius 2 is 1.64 bits per heavy atom. The largest absolute Gasteiger partial charge is 0.442 e. The number of unbranched alkanes of at least 4 members (excludes halogenated alkanes) is 2. The minimum atomic E-state index is -1.09. The van der Waals surface area contributed by atoms with E-state index in [9.17, 15) is 9.18 Å². The summed E-state index contributed by atoms with van der Waals surface area (Å²) >= 11 is 0. The Kier molecular flexibility index (Phi) is 6.36. The maximum Gasteiger partial charge on any atom is 0.307 e. The van der Waals surface area contributed by atoms with E-state index in [1.165, 1.54) is 12.1 Å². The van der Waals surface area contributed by atoms with Gasteiger partial charge in [0.15, 0.2) is 5.60 Å². The van der Waals surface area contributed by atoms with Crippen LogP contribution in [0.15, 0.2) is 48.5 Å². The van der Waals surface area contributed by atoms with E-state index < -0.39 is 5.60 Å². The van der Waals surface area contributed by atoms with Gasteiger partial charge in [0.25, 0.3) is 0 Å². The van der Waals surface area contributed by atoms with E-state index in [0.717, 1.165) is 36.0 Å². The standard InChI is InChI=1S/C22H23FO2/c1-4-6-7-8-21(24)25-22(3,5-2)19-13-9-17(10-14-19)18-11-15-20(23)16-12-18/h2,9-16H,4,6-8H2,1,3H3. The maximum atomic E-state index is 13.0. The van der Waals surface area contributed by atoms with Crippen LogP contribution >= 0.6 is 0 Å². The van der Waals surface area contributed by atoms with Gasteiger partial charge in [-0.1, -0.05) is 62.1 Å². The Hall–Kier alpha value is -2.60. The van der Waals surface area contributed by atoms with E-state index in [2.05, 4.69) is 12.8 Å². The molecule has 25 heavy (non-hydrogen) atoms. The minimum absolute atomic E-state index is 0.268. The molecule has 0 aliphatic rings. The van der Waals surface area contributed by atoms with Crippen LogP contribution in [0.3, 0.4) is 0 Å². The lowest BCUT2D eigenvalue weighted by atomic mass is 9.94. The van der Waals surface area contributed by atoms with Crippen LogP contribution in [0.2, 0.25) is 0 Å². The van der Waals surface area contributed by atoms with Gasteiger partial charge in [0, 0.05) is 12.0 Å². The van der Waals surface area contributed by atoms with Crippen molar-refractivity contribution in [2.24, 2.45) is 0 Å². The minimum Gasteiger partial charge on any atom is -0.442 e. The summed E-state index contributed by atoms with van der Waals surface area (Å²) in [6.07, 6.45) is 8.86. The monoisotopic (exact) mass is 338 g/mol. The molecule has 1 atom stereocenters. The van der Waals surface area contributed by atoms with Crippen molar-refractivity contribution in [3.8, 4) is 23.5 Å². The van der Waals surface area contributed by atoms with E-state index in [1.807, 2.05) is 24.3 Å². The second-order valence-corrected chi connectivity index (χ2v) is 6.19. The predicted molar refractivity (Wildman–Crippen MR) is 98.3 cm³/mol. The van der Waals surface area contributed by atoms with Crippen molar-refractivity contribution in [3.63, 3.8) is 0 Å². The molecule has 3 heteroatoms. The lowest BCUT2D eigenvalue weighted by Gasteiger charge is -2.25. The van der Waals surface area contributed by atoms with Crippen molar-refractivity contribution in [2.45, 2.75) is 45.1 Å². The SMILES string of the molecule is C#CC(C)(OC(=O)CCCCC)c1ccc(-c2ccc(F)cc2)cc1. The first-order valence-corrected chi connectivity index (χ1v) is 8.54. The molecule has 0 fully saturated rings. The molecule has 0 spiro atoms. The van der Waals surface area contributed by atoms with Crippen LogP contribution in [0.4, 0.5) is 4.39 Å². The fourth-order valence-corrected chi connectivity index (χ4v) is 2.59. The van der Waals surface area contributed by atoms with Gasteiger partial charge in [-0.3, -0.25) is 4.79 Å². The van der Waals surface area contributed by atoms with Crippen molar-refractivity contribution in [2.75, 3.05) is 0 Å². The van der Waals surface area contributed by atoms with Gasteiger partial charge in [-0.05, 0) is 36.6 Å². The molecule has 2 aromatic carbocycles. The summed E-state index contributed by atoms with van der Waals surface area (Å²) in [6, 6.07) is 13.8. The molecule has 0 saturated carbocycles. The molecular weight excluding hydrogens is 315 g/mol.